The molecule has 22 heavy (non-hydrogen) atoms. The summed E-state index contributed by atoms with van der Waals surface area (Å²) in [6, 6.07) is 9.51. The number of aryl methyl sites for hydroxylation is 2. The third-order valence-electron chi connectivity index (χ3n) is 3.47. The average Bonchev–Trinajstić information content (AvgIpc) is 2.87. The Morgan fingerprint density at radius 2 is 1.86 bits per heavy atom. The zero-order chi connectivity index (χ0) is 15.9. The van der Waals surface area contributed by atoms with Crippen molar-refractivity contribution in [1.29, 1.82) is 0 Å². The topological polar surface area (TPSA) is 29.1 Å². The van der Waals surface area contributed by atoms with Crippen molar-refractivity contribution in [3.63, 3.8) is 0 Å². The summed E-state index contributed by atoms with van der Waals surface area (Å²) in [7, 11) is 0. The Kier molecular flexibility index (Phi) is 4.13. The minimum Gasteiger partial charge on any atom is -0.321 e. The van der Waals surface area contributed by atoms with E-state index in [9.17, 15) is 4.79 Å². The smallest absolute Gasteiger partial charge is 0.257 e. The van der Waals surface area contributed by atoms with Crippen molar-refractivity contribution in [2.24, 2.45) is 0 Å². The second kappa shape index (κ2) is 5.92. The van der Waals surface area contributed by atoms with E-state index in [1.807, 2.05) is 37.4 Å². The molecule has 5 heteroatoms. The Bertz CT molecular complexity index is 886. The first kappa shape index (κ1) is 15.3. The molecule has 0 spiro atoms. The van der Waals surface area contributed by atoms with Crippen LogP contribution in [0.1, 0.15) is 21.5 Å². The third-order valence-corrected chi connectivity index (χ3v) is 5.15. The number of anilines is 1. The minimum absolute atomic E-state index is 0.182. The predicted octanol–water partition coefficient (Wildman–Crippen LogP) is 6.08. The highest BCUT2D eigenvalue weighted by Gasteiger charge is 2.14. The summed E-state index contributed by atoms with van der Waals surface area (Å²) in [4.78, 5) is 12.5. The fraction of sp³-hybridized carbons (Fsp3) is 0.118. The lowest BCUT2D eigenvalue weighted by molar-refractivity contribution is 0.102. The van der Waals surface area contributed by atoms with Crippen molar-refractivity contribution in [3.8, 4) is 0 Å². The minimum atomic E-state index is -0.182. The molecule has 1 aromatic heterocycles. The van der Waals surface area contributed by atoms with Crippen LogP contribution in [0.25, 0.3) is 10.1 Å². The molecule has 0 atom stereocenters. The van der Waals surface area contributed by atoms with Crippen molar-refractivity contribution in [2.75, 3.05) is 5.32 Å². The van der Waals surface area contributed by atoms with Crippen LogP contribution in [0, 0.1) is 13.8 Å². The molecule has 0 radical (unpaired) electrons. The van der Waals surface area contributed by atoms with Crippen LogP contribution in [-0.2, 0) is 0 Å². The number of carbonyl (C=O) groups excluding carboxylic acids is 1. The van der Waals surface area contributed by atoms with Gasteiger partial charge in [0.05, 0.1) is 16.3 Å². The standard InChI is InChI=1S/C17H13Cl2NOS/c1-9-3-4-16-11(5-9)12(8-22-16)17(21)20-15-7-13(18)10(2)6-14(15)19/h3-8H,1-2H3,(H,20,21). The monoisotopic (exact) mass is 349 g/mol. The van der Waals surface area contributed by atoms with Crippen LogP contribution >= 0.6 is 34.5 Å². The van der Waals surface area contributed by atoms with Crippen LogP contribution < -0.4 is 5.32 Å². The third kappa shape index (κ3) is 2.84. The van der Waals surface area contributed by atoms with Gasteiger partial charge in [0.15, 0.2) is 0 Å². The van der Waals surface area contributed by atoms with E-state index in [1.165, 1.54) is 0 Å². The van der Waals surface area contributed by atoms with Gasteiger partial charge in [0.2, 0.25) is 0 Å². The maximum absolute atomic E-state index is 12.5. The lowest BCUT2D eigenvalue weighted by Crippen LogP contribution is -2.11. The van der Waals surface area contributed by atoms with Crippen LogP contribution in [0.15, 0.2) is 35.7 Å². The second-order valence-electron chi connectivity index (χ2n) is 5.18. The van der Waals surface area contributed by atoms with E-state index in [2.05, 4.69) is 5.32 Å². The summed E-state index contributed by atoms with van der Waals surface area (Å²) in [5, 5.41) is 6.72. The molecule has 0 saturated carbocycles. The van der Waals surface area contributed by atoms with E-state index >= 15 is 0 Å². The summed E-state index contributed by atoms with van der Waals surface area (Å²) in [6.45, 7) is 3.88. The predicted molar refractivity (Wildman–Crippen MR) is 95.7 cm³/mol. The molecule has 0 aliphatic rings. The van der Waals surface area contributed by atoms with Crippen LogP contribution in [-0.4, -0.2) is 5.91 Å². The fourth-order valence-corrected chi connectivity index (χ4v) is 3.60. The summed E-state index contributed by atoms with van der Waals surface area (Å²) >= 11 is 13.8. The van der Waals surface area contributed by atoms with Crippen LogP contribution in [0.4, 0.5) is 5.69 Å². The summed E-state index contributed by atoms with van der Waals surface area (Å²) in [6.07, 6.45) is 0. The Hall–Kier alpha value is -1.55. The van der Waals surface area contributed by atoms with Gasteiger partial charge >= 0.3 is 0 Å². The van der Waals surface area contributed by atoms with E-state index < -0.39 is 0 Å². The van der Waals surface area contributed by atoms with Gasteiger partial charge in [-0.3, -0.25) is 4.79 Å². The Morgan fingerprint density at radius 1 is 1.09 bits per heavy atom. The number of rotatable bonds is 2. The molecule has 0 bridgehead atoms. The van der Waals surface area contributed by atoms with E-state index in [4.69, 9.17) is 23.2 Å². The van der Waals surface area contributed by atoms with Gasteiger partial charge < -0.3 is 5.32 Å². The Labute approximate surface area is 142 Å². The van der Waals surface area contributed by atoms with Gasteiger partial charge in [-0.15, -0.1) is 11.3 Å². The van der Waals surface area contributed by atoms with Gasteiger partial charge in [-0.1, -0.05) is 34.8 Å². The van der Waals surface area contributed by atoms with Gasteiger partial charge in [-0.25, -0.2) is 0 Å². The molecular weight excluding hydrogens is 337 g/mol. The van der Waals surface area contributed by atoms with E-state index in [0.717, 1.165) is 21.2 Å². The number of halogens is 2. The summed E-state index contributed by atoms with van der Waals surface area (Å²) in [5.74, 6) is -0.182. The Balaban J connectivity index is 1.97. The maximum atomic E-state index is 12.5. The number of hydrogen-bond acceptors (Lipinski definition) is 2. The largest absolute Gasteiger partial charge is 0.321 e. The lowest BCUT2D eigenvalue weighted by Gasteiger charge is -2.09. The molecule has 0 unspecified atom stereocenters. The highest BCUT2D eigenvalue weighted by Crippen LogP contribution is 2.31. The van der Waals surface area contributed by atoms with E-state index in [-0.39, 0.29) is 5.91 Å². The molecule has 112 valence electrons. The van der Waals surface area contributed by atoms with Crippen molar-refractivity contribution in [2.45, 2.75) is 13.8 Å². The molecule has 1 heterocycles. The molecule has 0 aliphatic carbocycles. The van der Waals surface area contributed by atoms with Crippen molar-refractivity contribution < 1.29 is 4.79 Å². The van der Waals surface area contributed by atoms with Crippen molar-refractivity contribution >= 4 is 56.2 Å². The van der Waals surface area contributed by atoms with Crippen LogP contribution in [0.5, 0.6) is 0 Å². The molecule has 0 fully saturated rings. The van der Waals surface area contributed by atoms with Gasteiger partial charge in [0.25, 0.3) is 5.91 Å². The molecule has 0 saturated heterocycles. The first-order valence-electron chi connectivity index (χ1n) is 6.70. The number of hydrogen-bond donors (Lipinski definition) is 1. The number of nitrogens with one attached hydrogen (secondary N) is 1. The highest BCUT2D eigenvalue weighted by atomic mass is 35.5. The molecule has 3 rings (SSSR count). The Morgan fingerprint density at radius 3 is 2.64 bits per heavy atom. The van der Waals surface area contributed by atoms with Gasteiger partial charge in [-0.2, -0.15) is 0 Å². The summed E-state index contributed by atoms with van der Waals surface area (Å²) in [5.41, 5.74) is 3.17. The fourth-order valence-electron chi connectivity index (χ4n) is 2.25. The molecular formula is C17H13Cl2NOS. The van der Waals surface area contributed by atoms with Crippen molar-refractivity contribution in [3.05, 3.63) is 62.4 Å². The van der Waals surface area contributed by atoms with Crippen LogP contribution in [0.2, 0.25) is 10.0 Å². The molecule has 1 N–H and O–H groups in total. The number of amides is 1. The van der Waals surface area contributed by atoms with Crippen molar-refractivity contribution in [1.82, 2.24) is 0 Å². The number of benzene rings is 2. The maximum Gasteiger partial charge on any atom is 0.257 e. The molecule has 2 nitrogen and oxygen atoms in total. The van der Waals surface area contributed by atoms with E-state index in [0.29, 0.717) is 21.3 Å². The normalized spacial score (nSPS) is 10.9. The van der Waals surface area contributed by atoms with Gasteiger partial charge in [0.1, 0.15) is 0 Å². The SMILES string of the molecule is Cc1ccc2scc(C(=O)Nc3cc(Cl)c(C)cc3Cl)c2c1. The summed E-state index contributed by atoms with van der Waals surface area (Å²) < 4.78 is 1.09. The zero-order valence-corrected chi connectivity index (χ0v) is 14.4. The van der Waals surface area contributed by atoms with Gasteiger partial charge in [0, 0.05) is 20.5 Å². The molecule has 3 aromatic rings. The molecule has 1 amide bonds. The number of carbonyl (C=O) groups is 1. The molecule has 0 aliphatic heterocycles. The zero-order valence-electron chi connectivity index (χ0n) is 12.0. The number of fused-ring (bicyclic) bond motifs is 1. The van der Waals surface area contributed by atoms with Gasteiger partial charge in [-0.05, 0) is 43.7 Å². The first-order chi connectivity index (χ1) is 10.5. The highest BCUT2D eigenvalue weighted by molar-refractivity contribution is 7.17. The van der Waals surface area contributed by atoms with Crippen LogP contribution in [0.3, 0.4) is 0 Å². The van der Waals surface area contributed by atoms with E-state index in [1.54, 1.807) is 23.5 Å². The average molecular weight is 350 g/mol. The molecule has 2 aromatic carbocycles. The quantitative estimate of drug-likeness (QED) is 0.596. The lowest BCUT2D eigenvalue weighted by atomic mass is 10.1. The first-order valence-corrected chi connectivity index (χ1v) is 8.34. The number of thiophene rings is 1. The second-order valence-corrected chi connectivity index (χ2v) is 6.91.